The summed E-state index contributed by atoms with van der Waals surface area (Å²) in [6.45, 7) is 2.17. The zero-order chi connectivity index (χ0) is 16.5. The quantitative estimate of drug-likeness (QED) is 0.905. The molecule has 2 heterocycles. The van der Waals surface area contributed by atoms with Gasteiger partial charge in [0, 0.05) is 29.3 Å². The molecule has 2 aliphatic rings. The molecule has 0 spiro atoms. The minimum Gasteiger partial charge on any atom is -0.497 e. The third-order valence-electron chi connectivity index (χ3n) is 5.27. The maximum Gasteiger partial charge on any atom is 0.130 e. The fourth-order valence-corrected chi connectivity index (χ4v) is 4.11. The van der Waals surface area contributed by atoms with Crippen molar-refractivity contribution in [2.45, 2.75) is 24.8 Å². The fraction of sp³-hybridized carbons (Fsp3) is 0.400. The zero-order valence-electron chi connectivity index (χ0n) is 14.3. The molecule has 1 saturated heterocycles. The van der Waals surface area contributed by atoms with Crippen molar-refractivity contribution in [1.29, 1.82) is 0 Å². The van der Waals surface area contributed by atoms with E-state index >= 15 is 0 Å². The number of nitrogens with one attached hydrogen (secondary N) is 2. The summed E-state index contributed by atoms with van der Waals surface area (Å²) < 4.78 is 11.0. The molecule has 4 heteroatoms. The van der Waals surface area contributed by atoms with E-state index in [0.29, 0.717) is 12.0 Å². The highest BCUT2D eigenvalue weighted by Crippen LogP contribution is 2.47. The second-order valence-corrected chi connectivity index (χ2v) is 6.52. The molecular weight excluding hydrogens is 300 g/mol. The number of rotatable bonds is 3. The van der Waals surface area contributed by atoms with Crippen molar-refractivity contribution in [3.05, 3.63) is 42.0 Å². The van der Waals surface area contributed by atoms with Crippen molar-refractivity contribution >= 4 is 5.69 Å². The van der Waals surface area contributed by atoms with Crippen LogP contribution in [-0.2, 0) is 0 Å². The van der Waals surface area contributed by atoms with Crippen LogP contribution in [-0.4, -0.2) is 33.4 Å². The summed E-state index contributed by atoms with van der Waals surface area (Å²) in [6, 6.07) is 13.2. The molecule has 0 bridgehead atoms. The Kier molecular flexibility index (Phi) is 4.07. The van der Waals surface area contributed by atoms with E-state index in [-0.39, 0.29) is 0 Å². The number of ether oxygens (including phenoxy) is 2. The van der Waals surface area contributed by atoms with Gasteiger partial charge in [0.05, 0.1) is 14.2 Å². The van der Waals surface area contributed by atoms with Gasteiger partial charge in [-0.1, -0.05) is 12.1 Å². The Labute approximate surface area is 143 Å². The Morgan fingerprint density at radius 2 is 1.83 bits per heavy atom. The summed E-state index contributed by atoms with van der Waals surface area (Å²) in [5.41, 5.74) is 5.13. The lowest BCUT2D eigenvalue weighted by molar-refractivity contribution is 0.395. The van der Waals surface area contributed by atoms with Gasteiger partial charge in [-0.05, 0) is 55.3 Å². The summed E-state index contributed by atoms with van der Waals surface area (Å²) in [6.07, 6.45) is 2.33. The van der Waals surface area contributed by atoms with Crippen LogP contribution in [0.3, 0.4) is 0 Å². The van der Waals surface area contributed by atoms with Gasteiger partial charge in [-0.3, -0.25) is 0 Å². The summed E-state index contributed by atoms with van der Waals surface area (Å²) in [7, 11) is 3.40. The van der Waals surface area contributed by atoms with E-state index in [1.54, 1.807) is 14.2 Å². The molecule has 0 radical (unpaired) electrons. The largest absolute Gasteiger partial charge is 0.497 e. The van der Waals surface area contributed by atoms with E-state index in [1.807, 2.05) is 12.1 Å². The van der Waals surface area contributed by atoms with Gasteiger partial charge in [-0.2, -0.15) is 0 Å². The summed E-state index contributed by atoms with van der Waals surface area (Å²) in [4.78, 5) is 0. The SMILES string of the molecule is COc1ccc(-c2cccc3c2[C@@H]2CCNCC[C@@H]2N3)c(OC)c1. The molecule has 4 rings (SSSR count). The Hall–Kier alpha value is -2.20. The van der Waals surface area contributed by atoms with Gasteiger partial charge in [0.15, 0.2) is 0 Å². The van der Waals surface area contributed by atoms with Crippen LogP contribution in [0.5, 0.6) is 11.5 Å². The molecule has 0 aromatic heterocycles. The normalized spacial score (nSPS) is 22.1. The standard InChI is InChI=1S/C20H24N2O2/c1-23-13-6-7-14(19(12-13)24-2)15-4-3-5-18-20(15)16-8-10-21-11-9-17(16)22-18/h3-7,12,16-17,21-22H,8-11H2,1-2H3/t16-,17+/m1/s1. The minimum absolute atomic E-state index is 0.528. The molecule has 24 heavy (non-hydrogen) atoms. The van der Waals surface area contributed by atoms with Crippen molar-refractivity contribution in [1.82, 2.24) is 5.32 Å². The molecule has 2 N–H and O–H groups in total. The second kappa shape index (κ2) is 6.36. The summed E-state index contributed by atoms with van der Waals surface area (Å²) in [5.74, 6) is 2.23. The number of hydrogen-bond donors (Lipinski definition) is 2. The van der Waals surface area contributed by atoms with Crippen molar-refractivity contribution < 1.29 is 9.47 Å². The van der Waals surface area contributed by atoms with Crippen molar-refractivity contribution in [2.24, 2.45) is 0 Å². The maximum atomic E-state index is 5.65. The van der Waals surface area contributed by atoms with Gasteiger partial charge in [-0.25, -0.2) is 0 Å². The van der Waals surface area contributed by atoms with E-state index in [2.05, 4.69) is 34.9 Å². The highest BCUT2D eigenvalue weighted by atomic mass is 16.5. The molecule has 0 amide bonds. The molecule has 2 aromatic rings. The first-order valence-electron chi connectivity index (χ1n) is 8.64. The lowest BCUT2D eigenvalue weighted by atomic mass is 9.85. The van der Waals surface area contributed by atoms with Crippen LogP contribution >= 0.6 is 0 Å². The van der Waals surface area contributed by atoms with Crippen LogP contribution in [0.25, 0.3) is 11.1 Å². The molecule has 126 valence electrons. The molecule has 0 unspecified atom stereocenters. The smallest absolute Gasteiger partial charge is 0.130 e. The van der Waals surface area contributed by atoms with E-state index in [4.69, 9.17) is 9.47 Å². The van der Waals surface area contributed by atoms with Crippen molar-refractivity contribution in [3.63, 3.8) is 0 Å². The lowest BCUT2D eigenvalue weighted by Crippen LogP contribution is -2.21. The molecule has 4 nitrogen and oxygen atoms in total. The molecule has 2 aromatic carbocycles. The van der Waals surface area contributed by atoms with Gasteiger partial charge in [-0.15, -0.1) is 0 Å². The second-order valence-electron chi connectivity index (χ2n) is 6.52. The third-order valence-corrected chi connectivity index (χ3v) is 5.27. The first-order chi connectivity index (χ1) is 11.8. The maximum absolute atomic E-state index is 5.65. The van der Waals surface area contributed by atoms with Crippen LogP contribution < -0.4 is 20.1 Å². The number of hydrogen-bond acceptors (Lipinski definition) is 4. The zero-order valence-corrected chi connectivity index (χ0v) is 14.3. The highest BCUT2D eigenvalue weighted by Gasteiger charge is 2.35. The van der Waals surface area contributed by atoms with Crippen LogP contribution in [0.15, 0.2) is 36.4 Å². The van der Waals surface area contributed by atoms with Gasteiger partial charge < -0.3 is 20.1 Å². The van der Waals surface area contributed by atoms with E-state index in [1.165, 1.54) is 29.7 Å². The molecule has 0 saturated carbocycles. The number of fused-ring (bicyclic) bond motifs is 3. The molecular formula is C20H24N2O2. The monoisotopic (exact) mass is 324 g/mol. The van der Waals surface area contributed by atoms with Gasteiger partial charge >= 0.3 is 0 Å². The first-order valence-corrected chi connectivity index (χ1v) is 8.64. The Balaban J connectivity index is 1.83. The Morgan fingerprint density at radius 1 is 0.958 bits per heavy atom. The highest BCUT2D eigenvalue weighted by molar-refractivity contribution is 5.81. The predicted octanol–water partition coefficient (Wildman–Crippen LogP) is 3.63. The van der Waals surface area contributed by atoms with Gasteiger partial charge in [0.1, 0.15) is 11.5 Å². The molecule has 2 atom stereocenters. The number of anilines is 1. The van der Waals surface area contributed by atoms with E-state index in [0.717, 1.165) is 30.2 Å². The van der Waals surface area contributed by atoms with E-state index < -0.39 is 0 Å². The van der Waals surface area contributed by atoms with Gasteiger partial charge in [0.2, 0.25) is 0 Å². The molecule has 0 aliphatic carbocycles. The molecule has 2 aliphatic heterocycles. The van der Waals surface area contributed by atoms with Crippen LogP contribution in [0, 0.1) is 0 Å². The number of methoxy groups -OCH3 is 2. The molecule has 1 fully saturated rings. The summed E-state index contributed by atoms with van der Waals surface area (Å²) in [5, 5.41) is 7.26. The van der Waals surface area contributed by atoms with Crippen molar-refractivity contribution in [3.8, 4) is 22.6 Å². The third kappa shape index (κ3) is 2.51. The average Bonchev–Trinajstić information content (AvgIpc) is 2.82. The van der Waals surface area contributed by atoms with Crippen molar-refractivity contribution in [2.75, 3.05) is 32.6 Å². The minimum atomic E-state index is 0.528. The first kappa shape index (κ1) is 15.3. The van der Waals surface area contributed by atoms with Crippen LogP contribution in [0.1, 0.15) is 24.3 Å². The topological polar surface area (TPSA) is 42.5 Å². The van der Waals surface area contributed by atoms with Crippen LogP contribution in [0.2, 0.25) is 0 Å². The van der Waals surface area contributed by atoms with E-state index in [9.17, 15) is 0 Å². The van der Waals surface area contributed by atoms with Gasteiger partial charge in [0.25, 0.3) is 0 Å². The van der Waals surface area contributed by atoms with Crippen LogP contribution in [0.4, 0.5) is 5.69 Å². The predicted molar refractivity (Wildman–Crippen MR) is 97.2 cm³/mol. The fourth-order valence-electron chi connectivity index (χ4n) is 4.11. The Morgan fingerprint density at radius 3 is 2.67 bits per heavy atom. The lowest BCUT2D eigenvalue weighted by Gasteiger charge is -2.19. The Bertz CT molecular complexity index is 744. The summed E-state index contributed by atoms with van der Waals surface area (Å²) >= 11 is 0. The number of benzene rings is 2. The average molecular weight is 324 g/mol.